The topological polar surface area (TPSA) is 26.0 Å². The lowest BCUT2D eigenvalue weighted by Gasteiger charge is -2.14. The van der Waals surface area contributed by atoms with Crippen LogP contribution in [0.2, 0.25) is 5.02 Å². The summed E-state index contributed by atoms with van der Waals surface area (Å²) in [5.41, 5.74) is 5.59. The number of halogens is 4. The second-order valence-electron chi connectivity index (χ2n) is 3.78. The molecule has 0 amide bonds. The molecule has 0 saturated carbocycles. The molecule has 0 saturated heterocycles. The largest absolute Gasteiger partial charge is 0.417 e. The van der Waals surface area contributed by atoms with Crippen LogP contribution in [0.1, 0.15) is 5.56 Å². The first-order valence-corrected chi connectivity index (χ1v) is 5.49. The maximum Gasteiger partial charge on any atom is 0.417 e. The van der Waals surface area contributed by atoms with E-state index in [4.69, 9.17) is 17.3 Å². The highest BCUT2D eigenvalue weighted by molar-refractivity contribution is 6.33. The van der Waals surface area contributed by atoms with Crippen LogP contribution in [0.3, 0.4) is 0 Å². The average molecular weight is 272 g/mol. The van der Waals surface area contributed by atoms with Gasteiger partial charge >= 0.3 is 6.18 Å². The van der Waals surface area contributed by atoms with Crippen LogP contribution in [0.4, 0.5) is 18.9 Å². The summed E-state index contributed by atoms with van der Waals surface area (Å²) in [5.74, 6) is 0. The molecule has 0 atom stereocenters. The Morgan fingerprint density at radius 2 is 1.61 bits per heavy atom. The smallest absolute Gasteiger partial charge is 0.399 e. The Balaban J connectivity index is 2.64. The number of hydrogen-bond acceptors (Lipinski definition) is 1. The van der Waals surface area contributed by atoms with Gasteiger partial charge in [0.2, 0.25) is 0 Å². The minimum absolute atomic E-state index is 0.0509. The molecule has 2 N–H and O–H groups in total. The molecular weight excluding hydrogens is 263 g/mol. The zero-order chi connectivity index (χ0) is 13.3. The van der Waals surface area contributed by atoms with Gasteiger partial charge in [0.05, 0.1) is 10.6 Å². The van der Waals surface area contributed by atoms with E-state index in [0.29, 0.717) is 11.3 Å². The maximum atomic E-state index is 12.9. The molecule has 0 aliphatic carbocycles. The zero-order valence-electron chi connectivity index (χ0n) is 9.13. The number of anilines is 1. The van der Waals surface area contributed by atoms with Gasteiger partial charge in [-0.1, -0.05) is 35.9 Å². The van der Waals surface area contributed by atoms with Gasteiger partial charge in [-0.15, -0.1) is 0 Å². The van der Waals surface area contributed by atoms with Crippen molar-refractivity contribution in [3.05, 3.63) is 53.1 Å². The van der Waals surface area contributed by atoms with Crippen LogP contribution in [0, 0.1) is 0 Å². The standard InChI is InChI=1S/C13H9ClF3N/c14-12-7-8(18)5-6-10(12)9-3-1-2-4-11(9)13(15,16)17/h1-7H,18H2. The first-order valence-electron chi connectivity index (χ1n) is 5.11. The second kappa shape index (κ2) is 4.53. The molecule has 0 spiro atoms. The quantitative estimate of drug-likeness (QED) is 0.753. The molecule has 1 nitrogen and oxygen atoms in total. The summed E-state index contributed by atoms with van der Waals surface area (Å²) in [7, 11) is 0. The van der Waals surface area contributed by atoms with E-state index in [1.165, 1.54) is 36.4 Å². The molecule has 5 heteroatoms. The Labute approximate surface area is 107 Å². The monoisotopic (exact) mass is 271 g/mol. The van der Waals surface area contributed by atoms with Crippen LogP contribution in [-0.2, 0) is 6.18 Å². The van der Waals surface area contributed by atoms with Gasteiger partial charge in [-0.05, 0) is 23.8 Å². The maximum absolute atomic E-state index is 12.9. The van der Waals surface area contributed by atoms with E-state index in [-0.39, 0.29) is 10.6 Å². The van der Waals surface area contributed by atoms with E-state index in [0.717, 1.165) is 6.07 Å². The number of benzene rings is 2. The molecule has 0 bridgehead atoms. The summed E-state index contributed by atoms with van der Waals surface area (Å²) in [6.45, 7) is 0. The van der Waals surface area contributed by atoms with Crippen molar-refractivity contribution in [1.29, 1.82) is 0 Å². The van der Waals surface area contributed by atoms with E-state index < -0.39 is 11.7 Å². The molecule has 0 fully saturated rings. The normalized spacial score (nSPS) is 11.6. The minimum atomic E-state index is -4.42. The van der Waals surface area contributed by atoms with Gasteiger partial charge in [-0.3, -0.25) is 0 Å². The van der Waals surface area contributed by atoms with E-state index in [1.807, 2.05) is 0 Å². The van der Waals surface area contributed by atoms with Gasteiger partial charge in [0.1, 0.15) is 0 Å². The lowest BCUT2D eigenvalue weighted by atomic mass is 9.99. The number of nitrogens with two attached hydrogens (primary N) is 1. The molecule has 0 aliphatic rings. The van der Waals surface area contributed by atoms with E-state index in [2.05, 4.69) is 0 Å². The summed E-state index contributed by atoms with van der Waals surface area (Å²) in [5, 5.41) is 0.201. The van der Waals surface area contributed by atoms with Crippen molar-refractivity contribution in [2.24, 2.45) is 0 Å². The highest BCUT2D eigenvalue weighted by Crippen LogP contribution is 2.39. The summed E-state index contributed by atoms with van der Waals surface area (Å²) >= 11 is 5.94. The molecular formula is C13H9ClF3N. The van der Waals surface area contributed by atoms with Gasteiger partial charge in [0.15, 0.2) is 0 Å². The van der Waals surface area contributed by atoms with Crippen molar-refractivity contribution < 1.29 is 13.2 Å². The SMILES string of the molecule is Nc1ccc(-c2ccccc2C(F)(F)F)c(Cl)c1. The Hall–Kier alpha value is -1.68. The molecule has 0 radical (unpaired) electrons. The molecule has 2 aromatic rings. The molecule has 94 valence electrons. The van der Waals surface area contributed by atoms with Gasteiger partial charge < -0.3 is 5.73 Å². The van der Waals surface area contributed by atoms with E-state index >= 15 is 0 Å². The molecule has 0 aliphatic heterocycles. The number of nitrogen functional groups attached to an aromatic ring is 1. The minimum Gasteiger partial charge on any atom is -0.399 e. The molecule has 0 unspecified atom stereocenters. The van der Waals surface area contributed by atoms with Gasteiger partial charge in [0, 0.05) is 11.3 Å². The summed E-state index contributed by atoms with van der Waals surface area (Å²) < 4.78 is 38.6. The van der Waals surface area contributed by atoms with Crippen LogP contribution in [0.5, 0.6) is 0 Å². The van der Waals surface area contributed by atoms with Crippen molar-refractivity contribution in [1.82, 2.24) is 0 Å². The fourth-order valence-corrected chi connectivity index (χ4v) is 2.01. The molecule has 2 aromatic carbocycles. The second-order valence-corrected chi connectivity index (χ2v) is 4.19. The fourth-order valence-electron chi connectivity index (χ4n) is 1.71. The Morgan fingerprint density at radius 1 is 0.944 bits per heavy atom. The first-order chi connectivity index (χ1) is 8.39. The Bertz CT molecular complexity index is 579. The highest BCUT2D eigenvalue weighted by atomic mass is 35.5. The number of hydrogen-bond donors (Lipinski definition) is 1. The van der Waals surface area contributed by atoms with Gasteiger partial charge in [0.25, 0.3) is 0 Å². The molecule has 0 heterocycles. The van der Waals surface area contributed by atoms with Gasteiger partial charge in [-0.2, -0.15) is 13.2 Å². The van der Waals surface area contributed by atoms with Crippen LogP contribution in [0.25, 0.3) is 11.1 Å². The lowest BCUT2D eigenvalue weighted by Crippen LogP contribution is -2.07. The van der Waals surface area contributed by atoms with Crippen molar-refractivity contribution >= 4 is 17.3 Å². The predicted molar refractivity (Wildman–Crippen MR) is 66.3 cm³/mol. The summed E-state index contributed by atoms with van der Waals surface area (Å²) in [6.07, 6.45) is -4.42. The first kappa shape index (κ1) is 12.8. The fraction of sp³-hybridized carbons (Fsp3) is 0.0769. The number of rotatable bonds is 1. The van der Waals surface area contributed by atoms with Gasteiger partial charge in [-0.25, -0.2) is 0 Å². The molecule has 18 heavy (non-hydrogen) atoms. The van der Waals surface area contributed by atoms with Crippen molar-refractivity contribution in [2.45, 2.75) is 6.18 Å². The van der Waals surface area contributed by atoms with Crippen molar-refractivity contribution in [3.8, 4) is 11.1 Å². The average Bonchev–Trinajstić information content (AvgIpc) is 2.28. The molecule has 0 aromatic heterocycles. The Kier molecular flexibility index (Phi) is 3.22. The summed E-state index contributed by atoms with van der Waals surface area (Å²) in [4.78, 5) is 0. The van der Waals surface area contributed by atoms with Crippen LogP contribution < -0.4 is 5.73 Å². The molecule has 2 rings (SSSR count). The van der Waals surface area contributed by atoms with Crippen molar-refractivity contribution in [3.63, 3.8) is 0 Å². The van der Waals surface area contributed by atoms with Crippen LogP contribution >= 0.6 is 11.6 Å². The highest BCUT2D eigenvalue weighted by Gasteiger charge is 2.33. The Morgan fingerprint density at radius 3 is 2.22 bits per heavy atom. The van der Waals surface area contributed by atoms with E-state index in [1.54, 1.807) is 0 Å². The summed E-state index contributed by atoms with van der Waals surface area (Å²) in [6, 6.07) is 9.75. The van der Waals surface area contributed by atoms with Crippen molar-refractivity contribution in [2.75, 3.05) is 5.73 Å². The third kappa shape index (κ3) is 2.43. The number of alkyl halides is 3. The third-order valence-electron chi connectivity index (χ3n) is 2.52. The third-order valence-corrected chi connectivity index (χ3v) is 2.83. The lowest BCUT2D eigenvalue weighted by molar-refractivity contribution is -0.137. The zero-order valence-corrected chi connectivity index (χ0v) is 9.89. The predicted octanol–water partition coefficient (Wildman–Crippen LogP) is 4.61. The van der Waals surface area contributed by atoms with Crippen LogP contribution in [0.15, 0.2) is 42.5 Å². The van der Waals surface area contributed by atoms with E-state index in [9.17, 15) is 13.2 Å². The van der Waals surface area contributed by atoms with Crippen LogP contribution in [-0.4, -0.2) is 0 Å².